The molecule has 1 aliphatic heterocycles. The monoisotopic (exact) mass is 237 g/mol. The second-order valence-corrected chi connectivity index (χ2v) is 5.06. The lowest BCUT2D eigenvalue weighted by Gasteiger charge is -2.36. The van der Waals surface area contributed by atoms with Gasteiger partial charge in [0.25, 0.3) is 0 Å². The Labute approximate surface area is 102 Å². The van der Waals surface area contributed by atoms with Crippen molar-refractivity contribution in [2.75, 3.05) is 19.8 Å². The van der Waals surface area contributed by atoms with E-state index in [1.54, 1.807) is 6.07 Å². The molecule has 17 heavy (non-hydrogen) atoms. The highest BCUT2D eigenvalue weighted by atomic mass is 19.1. The first kappa shape index (κ1) is 12.5. The van der Waals surface area contributed by atoms with Crippen LogP contribution >= 0.6 is 0 Å². The zero-order valence-corrected chi connectivity index (χ0v) is 10.3. The highest BCUT2D eigenvalue weighted by molar-refractivity contribution is 5.27. The van der Waals surface area contributed by atoms with Crippen molar-refractivity contribution < 1.29 is 9.13 Å². The lowest BCUT2D eigenvalue weighted by molar-refractivity contribution is 0.0190. The standard InChI is InChI=1S/C14H20FNO/c1-11-8-13(15)3-2-12(11)9-14(10-16)4-6-17-7-5-14/h2-3,8H,4-7,9-10,16H2,1H3. The summed E-state index contributed by atoms with van der Waals surface area (Å²) in [5.41, 5.74) is 8.30. The minimum Gasteiger partial charge on any atom is -0.381 e. The molecule has 2 rings (SSSR count). The number of halogens is 1. The molecular formula is C14H20FNO. The van der Waals surface area contributed by atoms with Crippen molar-refractivity contribution in [2.45, 2.75) is 26.2 Å². The van der Waals surface area contributed by atoms with Crippen molar-refractivity contribution in [1.29, 1.82) is 0 Å². The van der Waals surface area contributed by atoms with E-state index in [-0.39, 0.29) is 11.2 Å². The summed E-state index contributed by atoms with van der Waals surface area (Å²) >= 11 is 0. The van der Waals surface area contributed by atoms with E-state index in [9.17, 15) is 4.39 Å². The fraction of sp³-hybridized carbons (Fsp3) is 0.571. The lowest BCUT2D eigenvalue weighted by atomic mass is 9.74. The van der Waals surface area contributed by atoms with Crippen LogP contribution in [0.2, 0.25) is 0 Å². The molecule has 0 spiro atoms. The highest BCUT2D eigenvalue weighted by Gasteiger charge is 2.31. The van der Waals surface area contributed by atoms with Crippen LogP contribution in [-0.2, 0) is 11.2 Å². The average molecular weight is 237 g/mol. The fourth-order valence-electron chi connectivity index (χ4n) is 2.52. The molecule has 0 bridgehead atoms. The maximum absolute atomic E-state index is 13.1. The van der Waals surface area contributed by atoms with Crippen LogP contribution in [0.4, 0.5) is 4.39 Å². The number of benzene rings is 1. The Bertz CT molecular complexity index is 386. The Morgan fingerprint density at radius 2 is 2.06 bits per heavy atom. The number of rotatable bonds is 3. The zero-order chi connectivity index (χ0) is 12.3. The summed E-state index contributed by atoms with van der Waals surface area (Å²) < 4.78 is 18.5. The molecule has 0 aromatic heterocycles. The minimum atomic E-state index is -0.167. The van der Waals surface area contributed by atoms with Gasteiger partial charge in [-0.2, -0.15) is 0 Å². The van der Waals surface area contributed by atoms with Crippen LogP contribution in [0.1, 0.15) is 24.0 Å². The van der Waals surface area contributed by atoms with Crippen LogP contribution in [0.25, 0.3) is 0 Å². The molecule has 2 N–H and O–H groups in total. The zero-order valence-electron chi connectivity index (χ0n) is 10.3. The molecule has 0 aliphatic carbocycles. The van der Waals surface area contributed by atoms with Crippen molar-refractivity contribution in [3.8, 4) is 0 Å². The van der Waals surface area contributed by atoms with Crippen molar-refractivity contribution in [1.82, 2.24) is 0 Å². The van der Waals surface area contributed by atoms with Gasteiger partial charge in [-0.05, 0) is 61.4 Å². The van der Waals surface area contributed by atoms with E-state index in [0.717, 1.165) is 38.0 Å². The third-order valence-corrected chi connectivity index (χ3v) is 3.86. The molecule has 0 atom stereocenters. The van der Waals surface area contributed by atoms with Gasteiger partial charge in [-0.25, -0.2) is 4.39 Å². The Balaban J connectivity index is 2.17. The number of hydrogen-bond donors (Lipinski definition) is 1. The smallest absolute Gasteiger partial charge is 0.123 e. The van der Waals surface area contributed by atoms with E-state index in [4.69, 9.17) is 10.5 Å². The van der Waals surface area contributed by atoms with Gasteiger partial charge in [0.05, 0.1) is 0 Å². The van der Waals surface area contributed by atoms with E-state index >= 15 is 0 Å². The summed E-state index contributed by atoms with van der Waals surface area (Å²) in [7, 11) is 0. The summed E-state index contributed by atoms with van der Waals surface area (Å²) in [4.78, 5) is 0. The molecule has 1 aromatic carbocycles. The largest absolute Gasteiger partial charge is 0.381 e. The number of ether oxygens (including phenoxy) is 1. The van der Waals surface area contributed by atoms with Gasteiger partial charge in [-0.15, -0.1) is 0 Å². The van der Waals surface area contributed by atoms with Crippen molar-refractivity contribution in [2.24, 2.45) is 11.1 Å². The normalized spacial score (nSPS) is 19.2. The van der Waals surface area contributed by atoms with E-state index in [0.29, 0.717) is 6.54 Å². The maximum Gasteiger partial charge on any atom is 0.123 e. The molecule has 0 amide bonds. The highest BCUT2D eigenvalue weighted by Crippen LogP contribution is 2.34. The Kier molecular flexibility index (Phi) is 3.79. The molecule has 0 saturated carbocycles. The van der Waals surface area contributed by atoms with Gasteiger partial charge in [0.15, 0.2) is 0 Å². The Hall–Kier alpha value is -0.930. The van der Waals surface area contributed by atoms with E-state index in [1.165, 1.54) is 11.6 Å². The van der Waals surface area contributed by atoms with Gasteiger partial charge < -0.3 is 10.5 Å². The first-order valence-corrected chi connectivity index (χ1v) is 6.18. The van der Waals surface area contributed by atoms with Crippen LogP contribution in [-0.4, -0.2) is 19.8 Å². The minimum absolute atomic E-state index is 0.140. The van der Waals surface area contributed by atoms with Gasteiger partial charge in [0.2, 0.25) is 0 Å². The van der Waals surface area contributed by atoms with Crippen LogP contribution in [0.5, 0.6) is 0 Å². The molecule has 1 fully saturated rings. The second kappa shape index (κ2) is 5.15. The molecule has 1 saturated heterocycles. The van der Waals surface area contributed by atoms with Gasteiger partial charge in [0, 0.05) is 13.2 Å². The maximum atomic E-state index is 13.1. The second-order valence-electron chi connectivity index (χ2n) is 5.06. The fourth-order valence-corrected chi connectivity index (χ4v) is 2.52. The van der Waals surface area contributed by atoms with Gasteiger partial charge >= 0.3 is 0 Å². The molecule has 1 aromatic rings. The SMILES string of the molecule is Cc1cc(F)ccc1CC1(CN)CCOCC1. The van der Waals surface area contributed by atoms with Crippen LogP contribution in [0.15, 0.2) is 18.2 Å². The van der Waals surface area contributed by atoms with Gasteiger partial charge in [-0.1, -0.05) is 6.07 Å². The summed E-state index contributed by atoms with van der Waals surface area (Å²) in [5, 5.41) is 0. The van der Waals surface area contributed by atoms with Crippen LogP contribution in [0, 0.1) is 18.2 Å². The van der Waals surface area contributed by atoms with E-state index in [1.807, 2.05) is 13.0 Å². The third kappa shape index (κ3) is 2.85. The molecule has 0 unspecified atom stereocenters. The predicted octanol–water partition coefficient (Wildman–Crippen LogP) is 2.43. The molecule has 3 heteroatoms. The third-order valence-electron chi connectivity index (χ3n) is 3.86. The summed E-state index contributed by atoms with van der Waals surface area (Å²) in [6.07, 6.45) is 2.93. The first-order chi connectivity index (χ1) is 8.15. The predicted molar refractivity (Wildman–Crippen MR) is 66.4 cm³/mol. The summed E-state index contributed by atoms with van der Waals surface area (Å²) in [6, 6.07) is 5.02. The molecule has 1 heterocycles. The van der Waals surface area contributed by atoms with Gasteiger partial charge in [0.1, 0.15) is 5.82 Å². The summed E-state index contributed by atoms with van der Waals surface area (Å²) in [5.74, 6) is -0.167. The summed E-state index contributed by atoms with van der Waals surface area (Å²) in [6.45, 7) is 4.21. The van der Waals surface area contributed by atoms with Crippen LogP contribution < -0.4 is 5.73 Å². The van der Waals surface area contributed by atoms with Gasteiger partial charge in [-0.3, -0.25) is 0 Å². The number of aryl methyl sites for hydroxylation is 1. The Morgan fingerprint density at radius 1 is 1.35 bits per heavy atom. The molecule has 94 valence electrons. The molecule has 0 radical (unpaired) electrons. The Morgan fingerprint density at radius 3 is 2.65 bits per heavy atom. The molecule has 1 aliphatic rings. The quantitative estimate of drug-likeness (QED) is 0.876. The van der Waals surface area contributed by atoms with Crippen molar-refractivity contribution in [3.63, 3.8) is 0 Å². The van der Waals surface area contributed by atoms with E-state index < -0.39 is 0 Å². The van der Waals surface area contributed by atoms with Crippen molar-refractivity contribution >= 4 is 0 Å². The van der Waals surface area contributed by atoms with Crippen molar-refractivity contribution in [3.05, 3.63) is 35.1 Å². The average Bonchev–Trinajstić information content (AvgIpc) is 2.34. The van der Waals surface area contributed by atoms with Crippen LogP contribution in [0.3, 0.4) is 0 Å². The molecular weight excluding hydrogens is 217 g/mol. The lowest BCUT2D eigenvalue weighted by Crippen LogP contribution is -2.38. The molecule has 2 nitrogen and oxygen atoms in total. The first-order valence-electron chi connectivity index (χ1n) is 6.18. The number of hydrogen-bond acceptors (Lipinski definition) is 2. The number of nitrogens with two attached hydrogens (primary N) is 1. The van der Waals surface area contributed by atoms with E-state index in [2.05, 4.69) is 0 Å². The topological polar surface area (TPSA) is 35.2 Å².